The number of piperidine rings is 1. The second-order valence-electron chi connectivity index (χ2n) is 4.18. The van der Waals surface area contributed by atoms with Crippen LogP contribution in [0, 0.1) is 0 Å². The Morgan fingerprint density at radius 3 is 2.31 bits per heavy atom. The summed E-state index contributed by atoms with van der Waals surface area (Å²) in [4.78, 5) is 14.0. The maximum Gasteiger partial charge on any atom is 0.253 e. The van der Waals surface area contributed by atoms with Crippen molar-refractivity contribution in [1.82, 2.24) is 4.90 Å². The van der Waals surface area contributed by atoms with Gasteiger partial charge in [0.05, 0.1) is 0 Å². The molecule has 0 aromatic heterocycles. The quantitative estimate of drug-likeness (QED) is 0.724. The zero-order valence-corrected chi connectivity index (χ0v) is 10.0. The summed E-state index contributed by atoms with van der Waals surface area (Å²) in [5.74, 6) is 0.652. The topological polar surface area (TPSA) is 20.3 Å². The van der Waals surface area contributed by atoms with Crippen molar-refractivity contribution in [2.24, 2.45) is 0 Å². The number of carbonyl (C=O) groups excluding carboxylic acids is 1. The van der Waals surface area contributed by atoms with Crippen LogP contribution in [-0.4, -0.2) is 23.9 Å². The van der Waals surface area contributed by atoms with Gasteiger partial charge in [0.15, 0.2) is 0 Å². The molecule has 1 saturated heterocycles. The fraction of sp³-hybridized carbons (Fsp3) is 0.462. The standard InChI is InChI=1S/C13H16ClNO/c14-10-11-4-6-12(7-5-11)13(16)15-8-2-1-3-9-15/h4-7H,1-3,8-10H2. The Morgan fingerprint density at radius 2 is 1.75 bits per heavy atom. The van der Waals surface area contributed by atoms with E-state index >= 15 is 0 Å². The largest absolute Gasteiger partial charge is 0.339 e. The van der Waals surface area contributed by atoms with E-state index in [9.17, 15) is 4.79 Å². The van der Waals surface area contributed by atoms with E-state index in [2.05, 4.69) is 0 Å². The number of benzene rings is 1. The van der Waals surface area contributed by atoms with E-state index in [1.165, 1.54) is 6.42 Å². The van der Waals surface area contributed by atoms with Crippen LogP contribution in [0.3, 0.4) is 0 Å². The average molecular weight is 238 g/mol. The van der Waals surface area contributed by atoms with Gasteiger partial charge in [0.2, 0.25) is 0 Å². The Hall–Kier alpha value is -1.02. The van der Waals surface area contributed by atoms with Crippen LogP contribution in [-0.2, 0) is 5.88 Å². The number of hydrogen-bond donors (Lipinski definition) is 0. The third-order valence-electron chi connectivity index (χ3n) is 3.00. The highest BCUT2D eigenvalue weighted by Gasteiger charge is 2.17. The minimum absolute atomic E-state index is 0.154. The highest BCUT2D eigenvalue weighted by Crippen LogP contribution is 2.14. The average Bonchev–Trinajstić information content (AvgIpc) is 2.39. The van der Waals surface area contributed by atoms with E-state index < -0.39 is 0 Å². The van der Waals surface area contributed by atoms with Crippen molar-refractivity contribution in [2.75, 3.05) is 13.1 Å². The Morgan fingerprint density at radius 1 is 1.12 bits per heavy atom. The Bertz CT molecular complexity index is 355. The molecule has 1 aliphatic heterocycles. The Balaban J connectivity index is 2.07. The van der Waals surface area contributed by atoms with Gasteiger partial charge in [-0.2, -0.15) is 0 Å². The molecule has 86 valence electrons. The number of carbonyl (C=O) groups is 1. The van der Waals surface area contributed by atoms with E-state index in [4.69, 9.17) is 11.6 Å². The molecule has 0 radical (unpaired) electrons. The lowest BCUT2D eigenvalue weighted by Crippen LogP contribution is -2.35. The second kappa shape index (κ2) is 5.35. The van der Waals surface area contributed by atoms with Crippen molar-refractivity contribution in [3.63, 3.8) is 0 Å². The van der Waals surface area contributed by atoms with Gasteiger partial charge in [-0.25, -0.2) is 0 Å². The van der Waals surface area contributed by atoms with E-state index in [0.717, 1.165) is 37.1 Å². The molecule has 0 N–H and O–H groups in total. The normalized spacial score (nSPS) is 16.2. The van der Waals surface area contributed by atoms with Gasteiger partial charge >= 0.3 is 0 Å². The van der Waals surface area contributed by atoms with E-state index in [-0.39, 0.29) is 5.91 Å². The van der Waals surface area contributed by atoms with Crippen LogP contribution < -0.4 is 0 Å². The van der Waals surface area contributed by atoms with Gasteiger partial charge in [-0.05, 0) is 37.0 Å². The lowest BCUT2D eigenvalue weighted by Gasteiger charge is -2.26. The number of alkyl halides is 1. The summed E-state index contributed by atoms with van der Waals surface area (Å²) in [7, 11) is 0. The molecule has 1 heterocycles. The smallest absolute Gasteiger partial charge is 0.253 e. The molecule has 1 aromatic carbocycles. The van der Waals surface area contributed by atoms with Crippen molar-refractivity contribution in [3.05, 3.63) is 35.4 Å². The van der Waals surface area contributed by atoms with Crippen LogP contribution in [0.25, 0.3) is 0 Å². The van der Waals surface area contributed by atoms with Gasteiger partial charge < -0.3 is 4.90 Å². The number of amides is 1. The van der Waals surface area contributed by atoms with E-state index in [0.29, 0.717) is 5.88 Å². The van der Waals surface area contributed by atoms with Gasteiger partial charge in [0, 0.05) is 24.5 Å². The minimum Gasteiger partial charge on any atom is -0.339 e. The highest BCUT2D eigenvalue weighted by atomic mass is 35.5. The molecular weight excluding hydrogens is 222 g/mol. The summed E-state index contributed by atoms with van der Waals surface area (Å²) < 4.78 is 0. The SMILES string of the molecule is O=C(c1ccc(CCl)cc1)N1CCCCC1. The van der Waals surface area contributed by atoms with Gasteiger partial charge in [-0.1, -0.05) is 12.1 Å². The first-order chi connectivity index (χ1) is 7.81. The van der Waals surface area contributed by atoms with Gasteiger partial charge in [-0.3, -0.25) is 4.79 Å². The predicted octanol–water partition coefficient (Wildman–Crippen LogP) is 3.05. The lowest BCUT2D eigenvalue weighted by atomic mass is 10.1. The molecule has 0 atom stereocenters. The van der Waals surface area contributed by atoms with Crippen LogP contribution in [0.5, 0.6) is 0 Å². The van der Waals surface area contributed by atoms with Gasteiger partial charge in [0.25, 0.3) is 5.91 Å². The van der Waals surface area contributed by atoms with E-state index in [1.54, 1.807) is 0 Å². The molecule has 1 aliphatic rings. The summed E-state index contributed by atoms with van der Waals surface area (Å²) in [6.45, 7) is 1.80. The molecule has 0 aliphatic carbocycles. The summed E-state index contributed by atoms with van der Waals surface area (Å²) in [6, 6.07) is 7.58. The van der Waals surface area contributed by atoms with Crippen molar-refractivity contribution in [3.8, 4) is 0 Å². The Kier molecular flexibility index (Phi) is 3.83. The Labute approximate surface area is 101 Å². The maximum atomic E-state index is 12.1. The number of rotatable bonds is 2. The zero-order valence-electron chi connectivity index (χ0n) is 9.29. The first-order valence-electron chi connectivity index (χ1n) is 5.75. The number of likely N-dealkylation sites (tertiary alicyclic amines) is 1. The van der Waals surface area contributed by atoms with Crippen molar-refractivity contribution in [2.45, 2.75) is 25.1 Å². The third-order valence-corrected chi connectivity index (χ3v) is 3.31. The van der Waals surface area contributed by atoms with Crippen LogP contribution >= 0.6 is 11.6 Å². The second-order valence-corrected chi connectivity index (χ2v) is 4.45. The summed E-state index contributed by atoms with van der Waals surface area (Å²) in [5, 5.41) is 0. The molecule has 0 spiro atoms. The number of nitrogens with zero attached hydrogens (tertiary/aromatic N) is 1. The first-order valence-corrected chi connectivity index (χ1v) is 6.29. The third kappa shape index (κ3) is 2.56. The highest BCUT2D eigenvalue weighted by molar-refractivity contribution is 6.17. The van der Waals surface area contributed by atoms with Crippen LogP contribution in [0.4, 0.5) is 0 Å². The summed E-state index contributed by atoms with van der Waals surface area (Å²) in [6.07, 6.45) is 3.51. The monoisotopic (exact) mass is 237 g/mol. The van der Waals surface area contributed by atoms with Crippen LogP contribution in [0.15, 0.2) is 24.3 Å². The van der Waals surface area contributed by atoms with Crippen molar-refractivity contribution < 1.29 is 4.79 Å². The molecule has 2 rings (SSSR count). The molecule has 1 aromatic rings. The number of hydrogen-bond acceptors (Lipinski definition) is 1. The zero-order chi connectivity index (χ0) is 11.4. The minimum atomic E-state index is 0.154. The van der Waals surface area contributed by atoms with E-state index in [1.807, 2.05) is 29.2 Å². The van der Waals surface area contributed by atoms with Crippen molar-refractivity contribution in [1.29, 1.82) is 0 Å². The molecule has 3 heteroatoms. The number of halogens is 1. The first kappa shape index (κ1) is 11.5. The molecule has 0 unspecified atom stereocenters. The fourth-order valence-corrected chi connectivity index (χ4v) is 2.19. The van der Waals surface area contributed by atoms with Crippen LogP contribution in [0.1, 0.15) is 35.2 Å². The van der Waals surface area contributed by atoms with Crippen LogP contribution in [0.2, 0.25) is 0 Å². The molecule has 0 bridgehead atoms. The molecule has 2 nitrogen and oxygen atoms in total. The lowest BCUT2D eigenvalue weighted by molar-refractivity contribution is 0.0724. The summed E-state index contributed by atoms with van der Waals surface area (Å²) >= 11 is 5.71. The maximum absolute atomic E-state index is 12.1. The molecule has 16 heavy (non-hydrogen) atoms. The van der Waals surface area contributed by atoms with Crippen molar-refractivity contribution >= 4 is 17.5 Å². The molecular formula is C13H16ClNO. The predicted molar refractivity (Wildman–Crippen MR) is 65.8 cm³/mol. The van der Waals surface area contributed by atoms with Gasteiger partial charge in [-0.15, -0.1) is 11.6 Å². The molecule has 1 amide bonds. The molecule has 0 saturated carbocycles. The fourth-order valence-electron chi connectivity index (χ4n) is 2.02. The summed E-state index contributed by atoms with van der Waals surface area (Å²) in [5.41, 5.74) is 1.83. The van der Waals surface area contributed by atoms with Gasteiger partial charge in [0.1, 0.15) is 0 Å². The molecule has 1 fully saturated rings.